The van der Waals surface area contributed by atoms with Gasteiger partial charge in [0, 0.05) is 18.4 Å². The largest absolute Gasteiger partial charge is 2.00 e. The van der Waals surface area contributed by atoms with Crippen LogP contribution in [0.2, 0.25) is 0 Å². The van der Waals surface area contributed by atoms with E-state index < -0.39 is 11.9 Å². The van der Waals surface area contributed by atoms with Gasteiger partial charge in [0.05, 0.1) is 22.8 Å². The molecule has 6 rings (SSSR count). The quantitative estimate of drug-likeness (QED) is 0.167. The minimum atomic E-state index is -0.911. The SMILES string of the molecule is C=CC1=C(C)c2cc3[n-]c(cc4nc(c(-c5ccccc5)c5[n-]c(cc1n2)c(C)c5CCC(=O)O)C(CCC(=O)O)=C4C)c(C)c3C=C.[Fe+2]. The number of rotatable bonds is 9. The van der Waals surface area contributed by atoms with E-state index >= 15 is 0 Å². The number of aromatic nitrogens is 4. The Hall–Kier alpha value is -5.24. The minimum Gasteiger partial charge on any atom is -0.657 e. The Bertz CT molecular complexity index is 2270. The fourth-order valence-electron chi connectivity index (χ4n) is 6.58. The minimum absolute atomic E-state index is 0. The molecular weight excluding hydrogens is 656 g/mol. The van der Waals surface area contributed by atoms with Crippen LogP contribution in [0.3, 0.4) is 0 Å². The fourth-order valence-corrected chi connectivity index (χ4v) is 6.58. The number of allylic oxidation sites excluding steroid dienone is 5. The van der Waals surface area contributed by atoms with Crippen molar-refractivity contribution in [3.63, 3.8) is 0 Å². The third-order valence-electron chi connectivity index (χ3n) is 9.26. The van der Waals surface area contributed by atoms with Crippen LogP contribution >= 0.6 is 0 Å². The standard InChI is InChI=1S/C40H38N4O4.Fe/c1-7-26-21(3)30-18-32-23(5)28(14-16-36(45)46)39(43-32)38(25-12-10-9-11-13-25)40-29(15-17-37(47)48)24(6)33(44-40)20-35-27(8-2)22(4)31(42-35)19-34(26)41-30;/h7-13,18-20H,1-2,14-17H2,3-6H3,(H4,41,42,43,44,45,46,47,48);/q;+2/p-2. The number of benzene rings is 1. The van der Waals surface area contributed by atoms with Gasteiger partial charge in [0.25, 0.3) is 0 Å². The monoisotopic (exact) mass is 692 g/mol. The number of aryl methyl sites for hydroxylation is 3. The molecule has 3 aromatic heterocycles. The van der Waals surface area contributed by atoms with Crippen molar-refractivity contribution < 1.29 is 36.9 Å². The maximum Gasteiger partial charge on any atom is 2.00 e. The van der Waals surface area contributed by atoms with Gasteiger partial charge < -0.3 is 20.2 Å². The van der Waals surface area contributed by atoms with Crippen LogP contribution in [0.4, 0.5) is 0 Å². The zero-order valence-electron chi connectivity index (χ0n) is 27.9. The van der Waals surface area contributed by atoms with Crippen LogP contribution in [0, 0.1) is 13.8 Å². The number of carbonyl (C=O) groups is 2. The second-order valence-corrected chi connectivity index (χ2v) is 12.1. The van der Waals surface area contributed by atoms with E-state index in [0.717, 1.165) is 72.4 Å². The molecule has 8 bridgehead atoms. The molecule has 4 aromatic rings. The maximum absolute atomic E-state index is 11.9. The van der Waals surface area contributed by atoms with Gasteiger partial charge in [-0.2, -0.15) is 0 Å². The number of fused-ring (bicyclic) bond motifs is 8. The van der Waals surface area contributed by atoms with Crippen LogP contribution in [0.5, 0.6) is 0 Å². The number of nitrogens with zero attached hydrogens (tertiary/aromatic N) is 4. The summed E-state index contributed by atoms with van der Waals surface area (Å²) in [5.74, 6) is -1.82. The van der Waals surface area contributed by atoms with E-state index in [-0.39, 0.29) is 42.8 Å². The van der Waals surface area contributed by atoms with Crippen LogP contribution in [0.1, 0.15) is 78.1 Å². The molecule has 1 aromatic carbocycles. The summed E-state index contributed by atoms with van der Waals surface area (Å²) in [5, 5.41) is 19.5. The summed E-state index contributed by atoms with van der Waals surface area (Å²) in [5.41, 5.74) is 14.0. The Labute approximate surface area is 295 Å². The molecule has 0 saturated carbocycles. The van der Waals surface area contributed by atoms with Crippen molar-refractivity contribution in [1.82, 2.24) is 19.9 Å². The van der Waals surface area contributed by atoms with Gasteiger partial charge in [-0.25, -0.2) is 9.97 Å². The van der Waals surface area contributed by atoms with Gasteiger partial charge in [0.1, 0.15) is 0 Å². The summed E-state index contributed by atoms with van der Waals surface area (Å²) >= 11 is 0. The van der Waals surface area contributed by atoms with Crippen LogP contribution < -0.4 is 9.97 Å². The van der Waals surface area contributed by atoms with E-state index in [1.54, 1.807) is 12.2 Å². The number of hydrogen-bond donors (Lipinski definition) is 2. The number of hydrogen-bond acceptors (Lipinski definition) is 4. The van der Waals surface area contributed by atoms with Crippen LogP contribution in [0.25, 0.3) is 61.6 Å². The second kappa shape index (κ2) is 14.1. The Morgan fingerprint density at radius 2 is 1.37 bits per heavy atom. The molecule has 0 amide bonds. The van der Waals surface area contributed by atoms with Gasteiger partial charge in [0.15, 0.2) is 0 Å². The molecule has 0 unspecified atom stereocenters. The normalized spacial score (nSPS) is 12.6. The molecule has 0 saturated heterocycles. The molecule has 0 atom stereocenters. The summed E-state index contributed by atoms with van der Waals surface area (Å²) in [6.07, 6.45) is 3.92. The van der Waals surface area contributed by atoms with Crippen LogP contribution in [-0.4, -0.2) is 32.1 Å². The third kappa shape index (κ3) is 6.47. The fraction of sp³-hybridized carbons (Fsp3) is 0.200. The van der Waals surface area contributed by atoms with Crippen LogP contribution in [0.15, 0.2) is 67.8 Å². The average molecular weight is 693 g/mol. The number of carboxylic acids is 2. The third-order valence-corrected chi connectivity index (χ3v) is 9.26. The predicted octanol–water partition coefficient (Wildman–Crippen LogP) is 8.43. The molecule has 49 heavy (non-hydrogen) atoms. The zero-order valence-corrected chi connectivity index (χ0v) is 29.0. The van der Waals surface area contributed by atoms with Crippen molar-refractivity contribution in [3.05, 3.63) is 113 Å². The molecule has 2 aliphatic rings. The van der Waals surface area contributed by atoms with E-state index in [1.165, 1.54) is 0 Å². The van der Waals surface area contributed by atoms with Crippen molar-refractivity contribution in [2.45, 2.75) is 53.4 Å². The molecule has 9 heteroatoms. The van der Waals surface area contributed by atoms with Gasteiger partial charge in [-0.15, -0.1) is 22.1 Å². The first-order chi connectivity index (χ1) is 23.0. The van der Waals surface area contributed by atoms with E-state index in [2.05, 4.69) is 13.2 Å². The van der Waals surface area contributed by atoms with Crippen molar-refractivity contribution in [3.8, 4) is 11.1 Å². The number of carboxylic acid groups (broad SMARTS) is 2. The summed E-state index contributed by atoms with van der Waals surface area (Å²) in [6.45, 7) is 16.0. The topological polar surface area (TPSA) is 129 Å². The molecule has 8 nitrogen and oxygen atoms in total. The average Bonchev–Trinajstić information content (AvgIpc) is 3.73. The molecule has 5 heterocycles. The predicted molar refractivity (Wildman–Crippen MR) is 192 cm³/mol. The molecule has 0 aliphatic carbocycles. The van der Waals surface area contributed by atoms with Gasteiger partial charge >= 0.3 is 29.0 Å². The molecule has 0 fully saturated rings. The summed E-state index contributed by atoms with van der Waals surface area (Å²) in [6, 6.07) is 15.6. The van der Waals surface area contributed by atoms with E-state index in [1.807, 2.05) is 76.2 Å². The summed E-state index contributed by atoms with van der Waals surface area (Å²) in [7, 11) is 0. The van der Waals surface area contributed by atoms with Gasteiger partial charge in [-0.3, -0.25) is 9.59 Å². The van der Waals surface area contributed by atoms with E-state index in [0.29, 0.717) is 28.1 Å². The van der Waals surface area contributed by atoms with Crippen molar-refractivity contribution >= 4 is 62.4 Å². The number of aliphatic carboxylic acids is 2. The molecular formula is C40H36FeN4O4. The first-order valence-corrected chi connectivity index (χ1v) is 15.8. The molecule has 248 valence electrons. The Kier molecular flexibility index (Phi) is 10.1. The summed E-state index contributed by atoms with van der Waals surface area (Å²) in [4.78, 5) is 44.2. The van der Waals surface area contributed by atoms with Crippen molar-refractivity contribution in [1.29, 1.82) is 0 Å². The van der Waals surface area contributed by atoms with Crippen molar-refractivity contribution in [2.75, 3.05) is 0 Å². The first kappa shape index (κ1) is 35.1. The Balaban J connectivity index is 0.00000468. The van der Waals surface area contributed by atoms with Crippen LogP contribution in [-0.2, 0) is 33.1 Å². The Morgan fingerprint density at radius 1 is 0.755 bits per heavy atom. The molecule has 0 spiro atoms. The second-order valence-electron chi connectivity index (χ2n) is 12.1. The van der Waals surface area contributed by atoms with Gasteiger partial charge in [-0.05, 0) is 73.9 Å². The smallest absolute Gasteiger partial charge is 0.657 e. The zero-order chi connectivity index (χ0) is 34.3. The molecule has 0 radical (unpaired) electrons. The van der Waals surface area contributed by atoms with Crippen molar-refractivity contribution in [2.24, 2.45) is 0 Å². The summed E-state index contributed by atoms with van der Waals surface area (Å²) < 4.78 is 0. The van der Waals surface area contributed by atoms with E-state index in [4.69, 9.17) is 19.9 Å². The van der Waals surface area contributed by atoms with Gasteiger partial charge in [-0.1, -0.05) is 90.5 Å². The Morgan fingerprint density at radius 3 is 2.02 bits per heavy atom. The van der Waals surface area contributed by atoms with Gasteiger partial charge in [0.2, 0.25) is 0 Å². The first-order valence-electron chi connectivity index (χ1n) is 15.8. The van der Waals surface area contributed by atoms with E-state index in [9.17, 15) is 19.8 Å². The maximum atomic E-state index is 11.9. The molecule has 2 aliphatic heterocycles. The molecule has 2 N–H and O–H groups in total.